The second-order valence-electron chi connectivity index (χ2n) is 4.32. The summed E-state index contributed by atoms with van der Waals surface area (Å²) in [5, 5.41) is 13.7. The van der Waals surface area contributed by atoms with E-state index in [0.717, 1.165) is 5.56 Å². The Morgan fingerprint density at radius 2 is 1.80 bits per heavy atom. The number of carbonyl (C=O) groups is 3. The van der Waals surface area contributed by atoms with Gasteiger partial charge in [-0.15, -0.1) is 0 Å². The number of nitrogens with two attached hydrogens (primary N) is 1. The summed E-state index contributed by atoms with van der Waals surface area (Å²) in [6.45, 7) is 1.42. The average Bonchev–Trinajstić information content (AvgIpc) is 2.38. The van der Waals surface area contributed by atoms with Crippen molar-refractivity contribution in [2.24, 2.45) is 5.73 Å². The molecule has 0 spiro atoms. The SMILES string of the molecule is CC(NC(N)=O)C(=O)N[C@@H](Cc1ccccc1)C(=O)O. The molecule has 1 aromatic rings. The first kappa shape index (κ1) is 15.5. The van der Waals surface area contributed by atoms with E-state index in [1.54, 1.807) is 24.3 Å². The van der Waals surface area contributed by atoms with E-state index in [1.165, 1.54) is 6.92 Å². The fourth-order valence-corrected chi connectivity index (χ4v) is 1.63. The summed E-state index contributed by atoms with van der Waals surface area (Å²) < 4.78 is 0. The van der Waals surface area contributed by atoms with Gasteiger partial charge < -0.3 is 21.5 Å². The Morgan fingerprint density at radius 1 is 1.20 bits per heavy atom. The van der Waals surface area contributed by atoms with Gasteiger partial charge in [0.1, 0.15) is 12.1 Å². The Morgan fingerprint density at radius 3 is 2.30 bits per heavy atom. The lowest BCUT2D eigenvalue weighted by molar-refractivity contribution is -0.142. The standard InChI is InChI=1S/C13H17N3O4/c1-8(15-13(14)20)11(17)16-10(12(18)19)7-9-5-3-2-4-6-9/h2-6,8,10H,7H2,1H3,(H,16,17)(H,18,19)(H3,14,15,20)/t8?,10-/m0/s1. The molecule has 2 atom stereocenters. The van der Waals surface area contributed by atoms with Crippen LogP contribution in [0.1, 0.15) is 12.5 Å². The largest absolute Gasteiger partial charge is 0.480 e. The molecule has 0 saturated carbocycles. The Kier molecular flexibility index (Phi) is 5.52. The molecule has 1 unspecified atom stereocenters. The fraction of sp³-hybridized carbons (Fsp3) is 0.308. The number of amides is 3. The van der Waals surface area contributed by atoms with Gasteiger partial charge in [-0.25, -0.2) is 9.59 Å². The first-order chi connectivity index (χ1) is 9.40. The van der Waals surface area contributed by atoms with Gasteiger partial charge >= 0.3 is 12.0 Å². The zero-order valence-electron chi connectivity index (χ0n) is 11.0. The smallest absolute Gasteiger partial charge is 0.326 e. The van der Waals surface area contributed by atoms with Crippen molar-refractivity contribution in [1.29, 1.82) is 0 Å². The van der Waals surface area contributed by atoms with E-state index in [2.05, 4.69) is 10.6 Å². The van der Waals surface area contributed by atoms with Crippen molar-refractivity contribution >= 4 is 17.9 Å². The highest BCUT2D eigenvalue weighted by atomic mass is 16.4. The lowest BCUT2D eigenvalue weighted by Crippen LogP contribution is -2.52. The fourth-order valence-electron chi connectivity index (χ4n) is 1.63. The zero-order valence-corrected chi connectivity index (χ0v) is 11.0. The lowest BCUT2D eigenvalue weighted by atomic mass is 10.1. The van der Waals surface area contributed by atoms with E-state index < -0.39 is 30.0 Å². The van der Waals surface area contributed by atoms with Gasteiger partial charge in [0.15, 0.2) is 0 Å². The second-order valence-corrected chi connectivity index (χ2v) is 4.32. The molecule has 0 aliphatic rings. The van der Waals surface area contributed by atoms with Crippen LogP contribution < -0.4 is 16.4 Å². The summed E-state index contributed by atoms with van der Waals surface area (Å²) in [6, 6.07) is 6.12. The molecule has 108 valence electrons. The molecule has 0 aliphatic carbocycles. The lowest BCUT2D eigenvalue weighted by Gasteiger charge is -2.18. The molecule has 1 aromatic carbocycles. The molecule has 0 bridgehead atoms. The van der Waals surface area contributed by atoms with Crippen molar-refractivity contribution < 1.29 is 19.5 Å². The van der Waals surface area contributed by atoms with Crippen LogP contribution in [0.3, 0.4) is 0 Å². The molecule has 0 fully saturated rings. The minimum absolute atomic E-state index is 0.158. The van der Waals surface area contributed by atoms with Crippen molar-refractivity contribution in [3.63, 3.8) is 0 Å². The molecule has 0 aromatic heterocycles. The Labute approximate surface area is 116 Å². The van der Waals surface area contributed by atoms with Crippen LogP contribution in [0.2, 0.25) is 0 Å². The molecular formula is C13H17N3O4. The number of primary amides is 1. The van der Waals surface area contributed by atoms with Gasteiger partial charge in [0.25, 0.3) is 0 Å². The Balaban J connectivity index is 2.66. The van der Waals surface area contributed by atoms with Gasteiger partial charge in [-0.1, -0.05) is 30.3 Å². The quantitative estimate of drug-likeness (QED) is 0.578. The van der Waals surface area contributed by atoms with E-state index >= 15 is 0 Å². The maximum absolute atomic E-state index is 11.7. The summed E-state index contributed by atoms with van der Waals surface area (Å²) in [7, 11) is 0. The number of carbonyl (C=O) groups excluding carboxylic acids is 2. The van der Waals surface area contributed by atoms with Gasteiger partial charge in [-0.05, 0) is 12.5 Å². The number of aliphatic carboxylic acids is 1. The van der Waals surface area contributed by atoms with E-state index in [-0.39, 0.29) is 6.42 Å². The van der Waals surface area contributed by atoms with E-state index in [9.17, 15) is 14.4 Å². The first-order valence-electron chi connectivity index (χ1n) is 6.03. The predicted octanol–water partition coefficient (Wildman–Crippen LogP) is -0.145. The van der Waals surface area contributed by atoms with Gasteiger partial charge in [0.2, 0.25) is 5.91 Å². The monoisotopic (exact) mass is 279 g/mol. The maximum atomic E-state index is 11.7. The second kappa shape index (κ2) is 7.13. The molecule has 3 amide bonds. The summed E-state index contributed by atoms with van der Waals surface area (Å²) in [5.41, 5.74) is 5.69. The van der Waals surface area contributed by atoms with Gasteiger partial charge in [0.05, 0.1) is 0 Å². The Hall–Kier alpha value is -2.57. The van der Waals surface area contributed by atoms with Crippen molar-refractivity contribution in [3.8, 4) is 0 Å². The van der Waals surface area contributed by atoms with Crippen LogP contribution >= 0.6 is 0 Å². The van der Waals surface area contributed by atoms with Crippen LogP contribution in [0.25, 0.3) is 0 Å². The van der Waals surface area contributed by atoms with Crippen LogP contribution in [0.4, 0.5) is 4.79 Å². The minimum Gasteiger partial charge on any atom is -0.480 e. The summed E-state index contributed by atoms with van der Waals surface area (Å²) in [5.74, 6) is -1.75. The van der Waals surface area contributed by atoms with Gasteiger partial charge in [0, 0.05) is 6.42 Å². The van der Waals surface area contributed by atoms with Crippen molar-refractivity contribution in [2.75, 3.05) is 0 Å². The summed E-state index contributed by atoms with van der Waals surface area (Å²) in [6.07, 6.45) is 0.158. The number of hydrogen-bond donors (Lipinski definition) is 4. The van der Waals surface area contributed by atoms with Crippen molar-refractivity contribution in [2.45, 2.75) is 25.4 Å². The van der Waals surface area contributed by atoms with E-state index in [4.69, 9.17) is 10.8 Å². The van der Waals surface area contributed by atoms with Crippen LogP contribution in [0.15, 0.2) is 30.3 Å². The molecule has 0 saturated heterocycles. The van der Waals surface area contributed by atoms with E-state index in [1.807, 2.05) is 6.07 Å². The van der Waals surface area contributed by atoms with Crippen LogP contribution in [0, 0.1) is 0 Å². The molecule has 20 heavy (non-hydrogen) atoms. The molecule has 0 radical (unpaired) electrons. The normalized spacial score (nSPS) is 13.1. The molecule has 1 rings (SSSR count). The highest BCUT2D eigenvalue weighted by molar-refractivity contribution is 5.89. The van der Waals surface area contributed by atoms with Gasteiger partial charge in [-0.3, -0.25) is 4.79 Å². The molecule has 0 aliphatic heterocycles. The molecule has 0 heterocycles. The topological polar surface area (TPSA) is 122 Å². The summed E-state index contributed by atoms with van der Waals surface area (Å²) in [4.78, 5) is 33.5. The van der Waals surface area contributed by atoms with Crippen molar-refractivity contribution in [1.82, 2.24) is 10.6 Å². The number of nitrogens with one attached hydrogen (secondary N) is 2. The molecule has 5 N–H and O–H groups in total. The van der Waals surface area contributed by atoms with Crippen LogP contribution in [0.5, 0.6) is 0 Å². The maximum Gasteiger partial charge on any atom is 0.326 e. The predicted molar refractivity (Wildman–Crippen MR) is 71.9 cm³/mol. The third kappa shape index (κ3) is 4.97. The molecule has 7 heteroatoms. The third-order valence-electron chi connectivity index (χ3n) is 2.65. The number of carboxylic acid groups (broad SMARTS) is 1. The number of carboxylic acids is 1. The number of benzene rings is 1. The first-order valence-corrected chi connectivity index (χ1v) is 6.03. The van der Waals surface area contributed by atoms with Crippen molar-refractivity contribution in [3.05, 3.63) is 35.9 Å². The van der Waals surface area contributed by atoms with Crippen LogP contribution in [-0.2, 0) is 16.0 Å². The third-order valence-corrected chi connectivity index (χ3v) is 2.65. The van der Waals surface area contributed by atoms with Crippen LogP contribution in [-0.4, -0.2) is 35.1 Å². The number of urea groups is 1. The van der Waals surface area contributed by atoms with E-state index in [0.29, 0.717) is 0 Å². The Bertz CT molecular complexity index is 490. The molecular weight excluding hydrogens is 262 g/mol. The minimum atomic E-state index is -1.14. The highest BCUT2D eigenvalue weighted by Crippen LogP contribution is 2.03. The highest BCUT2D eigenvalue weighted by Gasteiger charge is 2.23. The number of hydrogen-bond acceptors (Lipinski definition) is 3. The summed E-state index contributed by atoms with van der Waals surface area (Å²) >= 11 is 0. The number of rotatable bonds is 6. The van der Waals surface area contributed by atoms with Gasteiger partial charge in [-0.2, -0.15) is 0 Å². The average molecular weight is 279 g/mol. The molecule has 7 nitrogen and oxygen atoms in total. The zero-order chi connectivity index (χ0) is 15.1.